The highest BCUT2D eigenvalue weighted by Crippen LogP contribution is 2.12. The van der Waals surface area contributed by atoms with Gasteiger partial charge in [0.1, 0.15) is 5.82 Å². The predicted octanol–water partition coefficient (Wildman–Crippen LogP) is 1.91. The third kappa shape index (κ3) is 4.25. The topological polar surface area (TPSA) is 87.1 Å². The normalized spacial score (nSPS) is 11.7. The first-order valence-corrected chi connectivity index (χ1v) is 6.77. The lowest BCUT2D eigenvalue weighted by Gasteiger charge is -2.14. The molecule has 2 rings (SSSR count). The Balaban J connectivity index is 1.98. The zero-order valence-electron chi connectivity index (χ0n) is 11.8. The van der Waals surface area contributed by atoms with E-state index < -0.39 is 0 Å². The summed E-state index contributed by atoms with van der Waals surface area (Å²) in [6.45, 7) is 2.04. The molecule has 21 heavy (non-hydrogen) atoms. The highest BCUT2D eigenvalue weighted by atomic mass is 16.3. The molecule has 110 valence electrons. The van der Waals surface area contributed by atoms with Crippen molar-refractivity contribution in [2.24, 2.45) is 0 Å². The van der Waals surface area contributed by atoms with Gasteiger partial charge < -0.3 is 15.7 Å². The number of nitrogens with one attached hydrogen (secondary N) is 2. The lowest BCUT2D eigenvalue weighted by atomic mass is 10.2. The molecule has 1 unspecified atom stereocenters. The zero-order valence-corrected chi connectivity index (χ0v) is 11.8. The van der Waals surface area contributed by atoms with E-state index in [1.807, 2.05) is 6.92 Å². The van der Waals surface area contributed by atoms with E-state index in [1.54, 1.807) is 36.7 Å². The minimum atomic E-state index is -0.229. The Kier molecular flexibility index (Phi) is 5.22. The van der Waals surface area contributed by atoms with Gasteiger partial charge >= 0.3 is 0 Å². The number of carbonyl (C=O) groups excluding carboxylic acids is 1. The van der Waals surface area contributed by atoms with Crippen molar-refractivity contribution in [2.45, 2.75) is 19.4 Å². The van der Waals surface area contributed by atoms with Gasteiger partial charge in [-0.2, -0.15) is 0 Å². The van der Waals surface area contributed by atoms with Crippen LogP contribution >= 0.6 is 0 Å². The zero-order chi connectivity index (χ0) is 15.1. The summed E-state index contributed by atoms with van der Waals surface area (Å²) >= 11 is 0. The fraction of sp³-hybridized carbons (Fsp3) is 0.267. The molecule has 0 bridgehead atoms. The smallest absolute Gasteiger partial charge is 0.257 e. The molecule has 0 aliphatic heterocycles. The standard InChI is InChI=1S/C15H18N4O2/c1-2-12(10-20)18-14-6-5-13(9-17-14)19-15(21)11-4-3-7-16-8-11/h3-9,12,20H,2,10H2,1H3,(H,17,18)(H,19,21). The molecule has 0 fully saturated rings. The number of aliphatic hydroxyl groups excluding tert-OH is 1. The van der Waals surface area contributed by atoms with E-state index in [2.05, 4.69) is 20.6 Å². The van der Waals surface area contributed by atoms with Crippen LogP contribution in [-0.4, -0.2) is 33.6 Å². The van der Waals surface area contributed by atoms with Crippen LogP contribution in [0, 0.1) is 0 Å². The van der Waals surface area contributed by atoms with Crippen LogP contribution in [0.3, 0.4) is 0 Å². The number of hydrogen-bond donors (Lipinski definition) is 3. The van der Waals surface area contributed by atoms with Gasteiger partial charge in [0, 0.05) is 12.4 Å². The second-order valence-corrected chi connectivity index (χ2v) is 4.56. The largest absolute Gasteiger partial charge is 0.394 e. The van der Waals surface area contributed by atoms with Crippen LogP contribution in [0.5, 0.6) is 0 Å². The van der Waals surface area contributed by atoms with E-state index in [4.69, 9.17) is 5.11 Å². The van der Waals surface area contributed by atoms with Gasteiger partial charge in [0.05, 0.1) is 30.1 Å². The second-order valence-electron chi connectivity index (χ2n) is 4.56. The van der Waals surface area contributed by atoms with Gasteiger partial charge in [0.2, 0.25) is 0 Å². The van der Waals surface area contributed by atoms with Gasteiger partial charge in [0.25, 0.3) is 5.91 Å². The molecule has 0 spiro atoms. The SMILES string of the molecule is CCC(CO)Nc1ccc(NC(=O)c2cccnc2)cn1. The monoisotopic (exact) mass is 286 g/mol. The Morgan fingerprint density at radius 2 is 2.19 bits per heavy atom. The van der Waals surface area contributed by atoms with E-state index >= 15 is 0 Å². The molecule has 2 aromatic rings. The quantitative estimate of drug-likeness (QED) is 0.755. The van der Waals surface area contributed by atoms with Crippen LogP contribution in [0.4, 0.5) is 11.5 Å². The van der Waals surface area contributed by atoms with Gasteiger partial charge in [-0.05, 0) is 30.7 Å². The Morgan fingerprint density at radius 1 is 1.33 bits per heavy atom. The van der Waals surface area contributed by atoms with Crippen LogP contribution < -0.4 is 10.6 Å². The average molecular weight is 286 g/mol. The number of aliphatic hydroxyl groups is 1. The molecule has 1 amide bonds. The van der Waals surface area contributed by atoms with Crippen molar-refractivity contribution in [3.8, 4) is 0 Å². The van der Waals surface area contributed by atoms with Crippen molar-refractivity contribution in [1.82, 2.24) is 9.97 Å². The maximum absolute atomic E-state index is 11.9. The summed E-state index contributed by atoms with van der Waals surface area (Å²) in [5.41, 5.74) is 1.09. The van der Waals surface area contributed by atoms with E-state index in [-0.39, 0.29) is 18.6 Å². The number of rotatable bonds is 6. The Hall–Kier alpha value is -2.47. The van der Waals surface area contributed by atoms with E-state index in [0.717, 1.165) is 6.42 Å². The minimum Gasteiger partial charge on any atom is -0.394 e. The molecular formula is C15H18N4O2. The van der Waals surface area contributed by atoms with Crippen molar-refractivity contribution in [3.05, 3.63) is 48.4 Å². The summed E-state index contributed by atoms with van der Waals surface area (Å²) in [6, 6.07) is 6.90. The lowest BCUT2D eigenvalue weighted by Crippen LogP contribution is -2.23. The van der Waals surface area contributed by atoms with Crippen LogP contribution in [0.25, 0.3) is 0 Å². The Morgan fingerprint density at radius 3 is 2.76 bits per heavy atom. The molecular weight excluding hydrogens is 268 g/mol. The average Bonchev–Trinajstić information content (AvgIpc) is 2.55. The summed E-state index contributed by atoms with van der Waals surface area (Å²) < 4.78 is 0. The maximum atomic E-state index is 11.9. The Labute approximate surface area is 123 Å². The highest BCUT2D eigenvalue weighted by molar-refractivity contribution is 6.03. The highest BCUT2D eigenvalue weighted by Gasteiger charge is 2.07. The van der Waals surface area contributed by atoms with Crippen LogP contribution in [0.1, 0.15) is 23.7 Å². The molecule has 0 saturated heterocycles. The van der Waals surface area contributed by atoms with Gasteiger partial charge in [-0.3, -0.25) is 9.78 Å². The third-order valence-corrected chi connectivity index (χ3v) is 3.01. The molecule has 6 heteroatoms. The first-order chi connectivity index (χ1) is 10.2. The molecule has 0 aromatic carbocycles. The molecule has 2 aromatic heterocycles. The molecule has 0 saturated carbocycles. The molecule has 6 nitrogen and oxygen atoms in total. The van der Waals surface area contributed by atoms with Crippen molar-refractivity contribution in [2.75, 3.05) is 17.2 Å². The summed E-state index contributed by atoms with van der Waals surface area (Å²) in [5, 5.41) is 15.0. The van der Waals surface area contributed by atoms with Gasteiger partial charge in [-0.15, -0.1) is 0 Å². The lowest BCUT2D eigenvalue weighted by molar-refractivity contribution is 0.102. The molecule has 3 N–H and O–H groups in total. The minimum absolute atomic E-state index is 0.0201. The summed E-state index contributed by atoms with van der Waals surface area (Å²) in [5.74, 6) is 0.433. The number of amides is 1. The van der Waals surface area contributed by atoms with Crippen molar-refractivity contribution < 1.29 is 9.90 Å². The summed E-state index contributed by atoms with van der Waals surface area (Å²) in [4.78, 5) is 20.1. The number of pyridine rings is 2. The van der Waals surface area contributed by atoms with E-state index in [1.165, 1.54) is 6.20 Å². The first kappa shape index (κ1) is 14.9. The van der Waals surface area contributed by atoms with Crippen LogP contribution in [0.15, 0.2) is 42.9 Å². The van der Waals surface area contributed by atoms with E-state index in [9.17, 15) is 4.79 Å². The van der Waals surface area contributed by atoms with Crippen LogP contribution in [0.2, 0.25) is 0 Å². The van der Waals surface area contributed by atoms with Crippen molar-refractivity contribution in [1.29, 1.82) is 0 Å². The number of hydrogen-bond acceptors (Lipinski definition) is 5. The molecule has 1 atom stereocenters. The Bertz CT molecular complexity index is 568. The van der Waals surface area contributed by atoms with Gasteiger partial charge in [-0.1, -0.05) is 6.92 Å². The molecule has 0 radical (unpaired) electrons. The van der Waals surface area contributed by atoms with Crippen molar-refractivity contribution in [3.63, 3.8) is 0 Å². The number of nitrogens with zero attached hydrogens (tertiary/aromatic N) is 2. The van der Waals surface area contributed by atoms with E-state index in [0.29, 0.717) is 17.1 Å². The van der Waals surface area contributed by atoms with Gasteiger partial charge in [-0.25, -0.2) is 4.98 Å². The summed E-state index contributed by atoms with van der Waals surface area (Å²) in [6.07, 6.45) is 5.49. The maximum Gasteiger partial charge on any atom is 0.257 e. The number of aromatic nitrogens is 2. The third-order valence-electron chi connectivity index (χ3n) is 3.01. The predicted molar refractivity (Wildman–Crippen MR) is 81.2 cm³/mol. The van der Waals surface area contributed by atoms with Gasteiger partial charge in [0.15, 0.2) is 0 Å². The molecule has 2 heterocycles. The number of carbonyl (C=O) groups is 1. The first-order valence-electron chi connectivity index (χ1n) is 6.77. The van der Waals surface area contributed by atoms with Crippen molar-refractivity contribution >= 4 is 17.4 Å². The number of anilines is 2. The molecule has 0 aliphatic rings. The van der Waals surface area contributed by atoms with Crippen LogP contribution in [-0.2, 0) is 0 Å². The fourth-order valence-electron chi connectivity index (χ4n) is 1.74. The second kappa shape index (κ2) is 7.35. The summed E-state index contributed by atoms with van der Waals surface area (Å²) in [7, 11) is 0. The molecule has 0 aliphatic carbocycles. The fourth-order valence-corrected chi connectivity index (χ4v) is 1.74.